The Hall–Kier alpha value is -4.78. The molecule has 0 unspecified atom stereocenters. The highest BCUT2D eigenvalue weighted by atomic mass is 32.2. The minimum atomic E-state index is -1.11. The van der Waals surface area contributed by atoms with E-state index >= 15 is 4.79 Å². The zero-order valence-electron chi connectivity index (χ0n) is 35.8. The molecule has 5 rings (SSSR count). The first-order valence-corrected chi connectivity index (χ1v) is 22.8. The van der Waals surface area contributed by atoms with Gasteiger partial charge < -0.3 is 30.7 Å². The molecule has 0 saturated carbocycles. The monoisotopic (exact) mass is 852 g/mol. The van der Waals surface area contributed by atoms with Gasteiger partial charge in [-0.2, -0.15) is 11.8 Å². The lowest BCUT2D eigenvalue weighted by molar-refractivity contribution is -0.147. The molecule has 320 valence electrons. The van der Waals surface area contributed by atoms with Crippen LogP contribution in [0.3, 0.4) is 0 Å². The molecule has 0 radical (unpaired) electrons. The summed E-state index contributed by atoms with van der Waals surface area (Å²) in [5.41, 5.74) is 3.72. The fraction of sp³-hybridized carbons (Fsp3) is 0.417. The summed E-state index contributed by atoms with van der Waals surface area (Å²) in [6.45, 7) is 11.7. The molecule has 4 N–H and O–H groups in total. The lowest BCUT2D eigenvalue weighted by Crippen LogP contribution is -2.62. The Morgan fingerprint density at radius 2 is 1.28 bits per heavy atom. The van der Waals surface area contributed by atoms with Gasteiger partial charge in [-0.15, -0.1) is 11.8 Å². The number of carboxylic acid groups (broad SMARTS) is 1. The fourth-order valence-corrected chi connectivity index (χ4v) is 9.59. The normalized spacial score (nSPS) is 15.8. The number of benzene rings is 4. The molecule has 1 aliphatic rings. The van der Waals surface area contributed by atoms with E-state index in [0.29, 0.717) is 11.5 Å². The Morgan fingerprint density at radius 3 is 1.77 bits per heavy atom. The van der Waals surface area contributed by atoms with Crippen molar-refractivity contribution in [3.8, 4) is 0 Å². The Morgan fingerprint density at radius 1 is 0.767 bits per heavy atom. The number of amides is 3. The number of hydrogen-bond donors (Lipinski definition) is 4. The van der Waals surface area contributed by atoms with Crippen LogP contribution in [0.1, 0.15) is 75.8 Å². The summed E-state index contributed by atoms with van der Waals surface area (Å²) in [5.74, 6) is -0.922. The van der Waals surface area contributed by atoms with Crippen molar-refractivity contribution in [2.75, 3.05) is 24.3 Å². The summed E-state index contributed by atoms with van der Waals surface area (Å²) < 4.78 is 5.10. The summed E-state index contributed by atoms with van der Waals surface area (Å²) in [6, 6.07) is 35.4. The van der Waals surface area contributed by atoms with Gasteiger partial charge in [0, 0.05) is 25.3 Å². The highest BCUT2D eigenvalue weighted by molar-refractivity contribution is 8.00. The van der Waals surface area contributed by atoms with Crippen molar-refractivity contribution in [1.29, 1.82) is 0 Å². The number of rotatable bonds is 17. The van der Waals surface area contributed by atoms with Gasteiger partial charge in [0.2, 0.25) is 11.8 Å². The first-order chi connectivity index (χ1) is 28.5. The van der Waals surface area contributed by atoms with Gasteiger partial charge in [0.1, 0.15) is 17.7 Å². The van der Waals surface area contributed by atoms with Crippen molar-refractivity contribution in [2.24, 2.45) is 5.41 Å². The first kappa shape index (κ1) is 46.3. The number of alkyl carbamates (subject to hydrolysis) is 1. The average molecular weight is 853 g/mol. The van der Waals surface area contributed by atoms with Gasteiger partial charge in [-0.25, -0.2) is 9.59 Å². The zero-order chi connectivity index (χ0) is 43.5. The van der Waals surface area contributed by atoms with Gasteiger partial charge in [0.05, 0.1) is 16.8 Å². The smallest absolute Gasteiger partial charge is 0.407 e. The number of aliphatic carboxylic acids is 1. The van der Waals surface area contributed by atoms with E-state index in [0.717, 1.165) is 27.8 Å². The van der Waals surface area contributed by atoms with Crippen LogP contribution >= 0.6 is 23.5 Å². The SMILES string of the molecule is CSCC[C@H](NC(=O)[C@@H]1Cc2ccccc2CN1C(=O)[C@@H](NC[C@H](CSC(c1ccccc1)(c1ccccc1)c1ccccc1)NC(=O)OC(C)(C)C)C(C)(C)C)C(=O)O. The van der Waals surface area contributed by atoms with E-state index in [1.54, 1.807) is 16.7 Å². The van der Waals surface area contributed by atoms with E-state index in [-0.39, 0.29) is 31.8 Å². The molecule has 1 aliphatic heterocycles. The molecule has 0 saturated heterocycles. The van der Waals surface area contributed by atoms with Gasteiger partial charge in [0.25, 0.3) is 0 Å². The van der Waals surface area contributed by atoms with Crippen LogP contribution in [-0.4, -0.2) is 88.0 Å². The number of nitrogens with zero attached hydrogens (tertiary/aromatic N) is 1. The third-order valence-corrected chi connectivity index (χ3v) is 12.9. The maximum atomic E-state index is 15.0. The minimum Gasteiger partial charge on any atom is -0.480 e. The van der Waals surface area contributed by atoms with Crippen LogP contribution in [0.15, 0.2) is 115 Å². The summed E-state index contributed by atoms with van der Waals surface area (Å²) >= 11 is 3.20. The second-order valence-corrected chi connectivity index (χ2v) is 19.5. The third kappa shape index (κ3) is 11.9. The van der Waals surface area contributed by atoms with E-state index in [1.165, 1.54) is 11.8 Å². The first-order valence-electron chi connectivity index (χ1n) is 20.5. The quantitative estimate of drug-likeness (QED) is 0.0783. The largest absolute Gasteiger partial charge is 0.480 e. The molecule has 0 fully saturated rings. The summed E-state index contributed by atoms with van der Waals surface area (Å²) in [4.78, 5) is 56.3. The number of ether oxygens (including phenoxy) is 1. The molecule has 0 aromatic heterocycles. The Balaban J connectivity index is 1.49. The van der Waals surface area contributed by atoms with Gasteiger partial charge in [0.15, 0.2) is 0 Å². The van der Waals surface area contributed by atoms with Crippen LogP contribution < -0.4 is 16.0 Å². The van der Waals surface area contributed by atoms with Crippen LogP contribution in [0.2, 0.25) is 0 Å². The van der Waals surface area contributed by atoms with E-state index in [9.17, 15) is 19.5 Å². The number of carbonyl (C=O) groups is 4. The van der Waals surface area contributed by atoms with E-state index in [2.05, 4.69) is 52.3 Å². The minimum absolute atomic E-state index is 0.188. The predicted octanol–water partition coefficient (Wildman–Crippen LogP) is 7.89. The van der Waals surface area contributed by atoms with Crippen LogP contribution in [0.4, 0.5) is 4.79 Å². The van der Waals surface area contributed by atoms with Gasteiger partial charge in [-0.3, -0.25) is 9.59 Å². The molecule has 1 heterocycles. The maximum absolute atomic E-state index is 15.0. The van der Waals surface area contributed by atoms with Gasteiger partial charge in [-0.05, 0) is 72.4 Å². The third-order valence-electron chi connectivity index (χ3n) is 10.5. The van der Waals surface area contributed by atoms with E-state index in [4.69, 9.17) is 4.74 Å². The molecule has 3 amide bonds. The Kier molecular flexibility index (Phi) is 15.9. The zero-order valence-corrected chi connectivity index (χ0v) is 37.4. The van der Waals surface area contributed by atoms with Gasteiger partial charge in [-0.1, -0.05) is 136 Å². The van der Waals surface area contributed by atoms with Crippen molar-refractivity contribution in [1.82, 2.24) is 20.9 Å². The Bertz CT molecular complexity index is 1940. The molecule has 12 heteroatoms. The van der Waals surface area contributed by atoms with E-state index in [1.807, 2.05) is 127 Å². The molecule has 0 bridgehead atoms. The van der Waals surface area contributed by atoms with Gasteiger partial charge >= 0.3 is 12.1 Å². The maximum Gasteiger partial charge on any atom is 0.407 e. The molecule has 4 aromatic carbocycles. The van der Waals surface area contributed by atoms with Crippen LogP contribution in [0.5, 0.6) is 0 Å². The van der Waals surface area contributed by atoms with Crippen molar-refractivity contribution in [2.45, 2.75) is 95.4 Å². The second kappa shape index (κ2) is 20.7. The van der Waals surface area contributed by atoms with Crippen LogP contribution in [0, 0.1) is 5.41 Å². The summed E-state index contributed by atoms with van der Waals surface area (Å²) in [6.07, 6.45) is 1.82. The standard InChI is InChI=1S/C48H60N4O6S2/c1-46(2,3)41(43(54)52-31-34-20-18-17-19-33(34)29-40(52)42(53)51-39(44(55)56)27-28-59-7)49-30-38(50-45(57)58-47(4,5)6)32-60-48(35-21-11-8-12-22-35,36-23-13-9-14-24-36)37-25-15-10-16-26-37/h8-26,38-41,49H,27-32H2,1-7H3,(H,50,57)(H,51,53)(H,55,56)/t38-,39+,40+,41-/m1/s1. The number of hydrogen-bond acceptors (Lipinski definition) is 8. The molecule has 10 nitrogen and oxygen atoms in total. The Labute approximate surface area is 364 Å². The molecule has 0 aliphatic carbocycles. The molecular weight excluding hydrogens is 793 g/mol. The van der Waals surface area contributed by atoms with Crippen molar-refractivity contribution in [3.05, 3.63) is 143 Å². The number of fused-ring (bicyclic) bond motifs is 1. The second-order valence-electron chi connectivity index (χ2n) is 17.3. The van der Waals surface area contributed by atoms with Crippen LogP contribution in [0.25, 0.3) is 0 Å². The number of carbonyl (C=O) groups excluding carboxylic acids is 3. The molecule has 0 spiro atoms. The van der Waals surface area contributed by atoms with Crippen molar-refractivity contribution < 1.29 is 29.0 Å². The topological polar surface area (TPSA) is 137 Å². The highest BCUT2D eigenvalue weighted by Crippen LogP contribution is 2.48. The number of carboxylic acids is 1. The lowest BCUT2D eigenvalue weighted by Gasteiger charge is -2.42. The van der Waals surface area contributed by atoms with Crippen molar-refractivity contribution in [3.63, 3.8) is 0 Å². The summed E-state index contributed by atoms with van der Waals surface area (Å²) in [5, 5.41) is 19.4. The molecular formula is C48H60N4O6S2. The highest BCUT2D eigenvalue weighted by Gasteiger charge is 2.43. The predicted molar refractivity (Wildman–Crippen MR) is 243 cm³/mol. The average Bonchev–Trinajstić information content (AvgIpc) is 3.21. The van der Waals surface area contributed by atoms with E-state index < -0.39 is 57.9 Å². The molecule has 60 heavy (non-hydrogen) atoms. The summed E-state index contributed by atoms with van der Waals surface area (Å²) in [7, 11) is 0. The fourth-order valence-electron chi connectivity index (χ4n) is 7.56. The van der Waals surface area contributed by atoms with Crippen molar-refractivity contribution >= 4 is 47.4 Å². The molecule has 4 aromatic rings. The number of thioether (sulfide) groups is 2. The van der Waals surface area contributed by atoms with Crippen LogP contribution in [-0.2, 0) is 36.8 Å². The lowest BCUT2D eigenvalue weighted by atomic mass is 9.84. The number of nitrogens with one attached hydrogen (secondary N) is 3. The molecule has 4 atom stereocenters.